The van der Waals surface area contributed by atoms with E-state index in [-0.39, 0.29) is 11.9 Å². The number of imidazole rings is 1. The number of nitrogens with zero attached hydrogens (tertiary/aromatic N) is 2. The molecule has 0 spiro atoms. The monoisotopic (exact) mass is 284 g/mol. The first-order valence-corrected chi connectivity index (χ1v) is 7.17. The summed E-state index contributed by atoms with van der Waals surface area (Å²) in [6.45, 7) is 3.73. The number of hydrogen-bond donors (Lipinski definition) is 2. The second kappa shape index (κ2) is 4.91. The molecule has 1 atom stereocenters. The van der Waals surface area contributed by atoms with Crippen LogP contribution in [0.3, 0.4) is 0 Å². The number of nitrogens with one attached hydrogen (secondary N) is 1. The average molecular weight is 284 g/mol. The largest absolute Gasteiger partial charge is 0.382 e. The summed E-state index contributed by atoms with van der Waals surface area (Å²) in [5, 5.41) is 3.15. The van der Waals surface area contributed by atoms with Crippen LogP contribution in [0.5, 0.6) is 0 Å². The zero-order valence-corrected chi connectivity index (χ0v) is 12.3. The van der Waals surface area contributed by atoms with Crippen LogP contribution in [0.1, 0.15) is 37.4 Å². The minimum atomic E-state index is -0.720. The standard InChI is InChI=1S/C16H20N4O/c1-16(2,20-9-14(17)18-10-20)15(21)19-13-8-7-11-5-3-4-6-12(11)13/h3-6,9-10,13H,7-8,17H2,1-2H3,(H,19,21). The van der Waals surface area contributed by atoms with Gasteiger partial charge in [-0.3, -0.25) is 4.79 Å². The van der Waals surface area contributed by atoms with E-state index in [9.17, 15) is 4.79 Å². The van der Waals surface area contributed by atoms with Crippen molar-refractivity contribution in [3.63, 3.8) is 0 Å². The second-order valence-corrected chi connectivity index (χ2v) is 6.03. The first kappa shape index (κ1) is 13.7. The Morgan fingerprint density at radius 1 is 1.43 bits per heavy atom. The number of amides is 1. The quantitative estimate of drug-likeness (QED) is 0.905. The van der Waals surface area contributed by atoms with Crippen molar-refractivity contribution in [3.05, 3.63) is 47.9 Å². The van der Waals surface area contributed by atoms with E-state index in [0.717, 1.165) is 12.8 Å². The van der Waals surface area contributed by atoms with Crippen molar-refractivity contribution in [2.75, 3.05) is 5.73 Å². The molecule has 0 saturated carbocycles. The lowest BCUT2D eigenvalue weighted by atomic mass is 10.0. The highest BCUT2D eigenvalue weighted by Gasteiger charge is 2.33. The van der Waals surface area contributed by atoms with E-state index in [0.29, 0.717) is 5.82 Å². The highest BCUT2D eigenvalue weighted by Crippen LogP contribution is 2.31. The van der Waals surface area contributed by atoms with E-state index in [4.69, 9.17) is 5.73 Å². The van der Waals surface area contributed by atoms with Crippen LogP contribution in [-0.4, -0.2) is 15.5 Å². The molecule has 1 aromatic carbocycles. The van der Waals surface area contributed by atoms with Crippen LogP contribution in [0.4, 0.5) is 5.82 Å². The Labute approximate surface area is 124 Å². The van der Waals surface area contributed by atoms with E-state index in [1.165, 1.54) is 11.1 Å². The molecule has 3 rings (SSSR count). The third-order valence-electron chi connectivity index (χ3n) is 4.24. The van der Waals surface area contributed by atoms with Gasteiger partial charge in [0.1, 0.15) is 11.4 Å². The van der Waals surface area contributed by atoms with E-state index in [1.807, 2.05) is 26.0 Å². The predicted octanol–water partition coefficient (Wildman–Crippen LogP) is 2.00. The zero-order chi connectivity index (χ0) is 15.0. The van der Waals surface area contributed by atoms with Gasteiger partial charge in [-0.15, -0.1) is 0 Å². The number of benzene rings is 1. The molecule has 1 aliphatic carbocycles. The normalized spacial score (nSPS) is 17.5. The molecule has 1 amide bonds. The van der Waals surface area contributed by atoms with Crippen molar-refractivity contribution in [3.8, 4) is 0 Å². The zero-order valence-electron chi connectivity index (χ0n) is 12.3. The lowest BCUT2D eigenvalue weighted by Gasteiger charge is -2.27. The van der Waals surface area contributed by atoms with Crippen molar-refractivity contribution in [2.45, 2.75) is 38.3 Å². The number of nitrogens with two attached hydrogens (primary N) is 1. The highest BCUT2D eigenvalue weighted by molar-refractivity contribution is 5.84. The van der Waals surface area contributed by atoms with Crippen molar-refractivity contribution in [1.29, 1.82) is 0 Å². The summed E-state index contributed by atoms with van der Waals surface area (Å²) in [5.41, 5.74) is 7.47. The molecule has 5 heteroatoms. The van der Waals surface area contributed by atoms with Crippen molar-refractivity contribution in [1.82, 2.24) is 14.9 Å². The Bertz CT molecular complexity index is 674. The van der Waals surface area contributed by atoms with Crippen LogP contribution >= 0.6 is 0 Å². The Kier molecular flexibility index (Phi) is 3.20. The molecule has 2 aromatic rings. The van der Waals surface area contributed by atoms with Gasteiger partial charge < -0.3 is 15.6 Å². The summed E-state index contributed by atoms with van der Waals surface area (Å²) in [6.07, 6.45) is 5.24. The molecule has 1 aliphatic rings. The van der Waals surface area contributed by atoms with E-state index in [2.05, 4.69) is 22.4 Å². The van der Waals surface area contributed by atoms with Gasteiger partial charge in [0.25, 0.3) is 0 Å². The molecule has 3 N–H and O–H groups in total. The molecule has 0 radical (unpaired) electrons. The van der Waals surface area contributed by atoms with Gasteiger partial charge in [0.2, 0.25) is 5.91 Å². The summed E-state index contributed by atoms with van der Waals surface area (Å²) in [7, 11) is 0. The smallest absolute Gasteiger partial charge is 0.246 e. The first-order chi connectivity index (χ1) is 9.98. The van der Waals surface area contributed by atoms with Crippen LogP contribution in [0.15, 0.2) is 36.8 Å². The minimum Gasteiger partial charge on any atom is -0.382 e. The van der Waals surface area contributed by atoms with Crippen molar-refractivity contribution in [2.24, 2.45) is 0 Å². The lowest BCUT2D eigenvalue weighted by Crippen LogP contribution is -2.45. The number of anilines is 1. The van der Waals surface area contributed by atoms with Gasteiger partial charge in [-0.2, -0.15) is 0 Å². The number of carbonyl (C=O) groups is 1. The average Bonchev–Trinajstić information content (AvgIpc) is 3.06. The predicted molar refractivity (Wildman–Crippen MR) is 81.6 cm³/mol. The van der Waals surface area contributed by atoms with Crippen LogP contribution in [0.25, 0.3) is 0 Å². The summed E-state index contributed by atoms with van der Waals surface area (Å²) in [5.74, 6) is 0.392. The molecule has 110 valence electrons. The number of rotatable bonds is 3. The number of carbonyl (C=O) groups excluding carboxylic acids is 1. The number of hydrogen-bond acceptors (Lipinski definition) is 3. The van der Waals surface area contributed by atoms with E-state index >= 15 is 0 Å². The van der Waals surface area contributed by atoms with Crippen molar-refractivity contribution < 1.29 is 4.79 Å². The van der Waals surface area contributed by atoms with Crippen LogP contribution in [0.2, 0.25) is 0 Å². The van der Waals surface area contributed by atoms with Gasteiger partial charge in [0, 0.05) is 6.20 Å². The van der Waals surface area contributed by atoms with Gasteiger partial charge >= 0.3 is 0 Å². The van der Waals surface area contributed by atoms with Gasteiger partial charge in [0.15, 0.2) is 0 Å². The van der Waals surface area contributed by atoms with Crippen LogP contribution in [-0.2, 0) is 16.8 Å². The minimum absolute atomic E-state index is 0.0263. The second-order valence-electron chi connectivity index (χ2n) is 6.03. The number of aromatic nitrogens is 2. The molecule has 0 saturated heterocycles. The molecule has 21 heavy (non-hydrogen) atoms. The fourth-order valence-electron chi connectivity index (χ4n) is 2.80. The maximum absolute atomic E-state index is 12.6. The molecule has 0 bridgehead atoms. The molecule has 0 fully saturated rings. The highest BCUT2D eigenvalue weighted by atomic mass is 16.2. The summed E-state index contributed by atoms with van der Waals surface area (Å²) < 4.78 is 1.75. The summed E-state index contributed by atoms with van der Waals surface area (Å²) in [6, 6.07) is 8.37. The lowest BCUT2D eigenvalue weighted by molar-refractivity contribution is -0.129. The van der Waals surface area contributed by atoms with Gasteiger partial charge in [-0.1, -0.05) is 24.3 Å². The van der Waals surface area contributed by atoms with E-state index in [1.54, 1.807) is 17.1 Å². The molecular formula is C16H20N4O. The molecule has 0 aliphatic heterocycles. The van der Waals surface area contributed by atoms with Crippen molar-refractivity contribution >= 4 is 11.7 Å². The van der Waals surface area contributed by atoms with Gasteiger partial charge in [0.05, 0.1) is 12.4 Å². The Morgan fingerprint density at radius 3 is 2.90 bits per heavy atom. The fourth-order valence-corrected chi connectivity index (χ4v) is 2.80. The Morgan fingerprint density at radius 2 is 2.19 bits per heavy atom. The topological polar surface area (TPSA) is 72.9 Å². The van der Waals surface area contributed by atoms with Crippen LogP contribution in [0, 0.1) is 0 Å². The maximum atomic E-state index is 12.6. The third kappa shape index (κ3) is 2.39. The van der Waals surface area contributed by atoms with Gasteiger partial charge in [-0.25, -0.2) is 4.98 Å². The summed E-state index contributed by atoms with van der Waals surface area (Å²) in [4.78, 5) is 16.6. The Hall–Kier alpha value is -2.30. The van der Waals surface area contributed by atoms with Gasteiger partial charge in [-0.05, 0) is 37.8 Å². The number of nitrogen functional groups attached to an aromatic ring is 1. The number of aryl methyl sites for hydroxylation is 1. The maximum Gasteiger partial charge on any atom is 0.246 e. The van der Waals surface area contributed by atoms with Crippen LogP contribution < -0.4 is 11.1 Å². The molecule has 1 unspecified atom stereocenters. The first-order valence-electron chi connectivity index (χ1n) is 7.17. The summed E-state index contributed by atoms with van der Waals surface area (Å²) >= 11 is 0. The molecule has 1 heterocycles. The third-order valence-corrected chi connectivity index (χ3v) is 4.24. The number of fused-ring (bicyclic) bond motifs is 1. The molecule has 5 nitrogen and oxygen atoms in total. The molecular weight excluding hydrogens is 264 g/mol. The fraction of sp³-hybridized carbons (Fsp3) is 0.375. The Balaban J connectivity index is 1.78. The SMILES string of the molecule is CC(C)(C(=O)NC1CCc2ccccc21)n1cnc(N)c1. The van der Waals surface area contributed by atoms with E-state index < -0.39 is 5.54 Å². The molecule has 1 aromatic heterocycles.